The average molecular weight is 458 g/mol. The summed E-state index contributed by atoms with van der Waals surface area (Å²) >= 11 is 0. The summed E-state index contributed by atoms with van der Waals surface area (Å²) in [5.41, 5.74) is 12.0. The summed E-state index contributed by atoms with van der Waals surface area (Å²) in [5, 5.41) is 12.3. The van der Waals surface area contributed by atoms with Gasteiger partial charge in [0.25, 0.3) is 0 Å². The van der Waals surface area contributed by atoms with Gasteiger partial charge in [0.15, 0.2) is 6.20 Å². The van der Waals surface area contributed by atoms with E-state index in [-0.39, 0.29) is 0 Å². The van der Waals surface area contributed by atoms with E-state index in [1.807, 2.05) is 12.1 Å². The van der Waals surface area contributed by atoms with Gasteiger partial charge in [0.1, 0.15) is 18.2 Å². The molecule has 0 radical (unpaired) electrons. The molecule has 0 atom stereocenters. The lowest BCUT2D eigenvalue weighted by Gasteiger charge is -2.15. The van der Waals surface area contributed by atoms with Crippen LogP contribution in [0.3, 0.4) is 0 Å². The standard InChI is InChI=1S/C32H29N2O/c1-19(2)23-16-21-8-7-9-24(21)27(17-23)30-22(18-33)12-14-26-25-13-11-20(3)29(31(25)35-32(26)30)28-10-5-6-15-34(28)4/h5-6,10-17,19H,7-9H2,1-4H3/q+1. The predicted molar refractivity (Wildman–Crippen MR) is 141 cm³/mol. The largest absolute Gasteiger partial charge is 0.454 e. The first-order valence-corrected chi connectivity index (χ1v) is 12.5. The molecule has 0 bridgehead atoms. The summed E-state index contributed by atoms with van der Waals surface area (Å²) in [6.07, 6.45) is 5.38. The Balaban J connectivity index is 1.74. The van der Waals surface area contributed by atoms with E-state index >= 15 is 0 Å². The second-order valence-corrected chi connectivity index (χ2v) is 10.1. The molecule has 2 aromatic heterocycles. The number of aromatic nitrogens is 1. The summed E-state index contributed by atoms with van der Waals surface area (Å²) in [7, 11) is 2.07. The van der Waals surface area contributed by atoms with Crippen LogP contribution in [-0.2, 0) is 19.9 Å². The van der Waals surface area contributed by atoms with Crippen LogP contribution in [0.4, 0.5) is 0 Å². The van der Waals surface area contributed by atoms with E-state index in [1.165, 1.54) is 27.8 Å². The van der Waals surface area contributed by atoms with Crippen molar-refractivity contribution in [1.82, 2.24) is 0 Å². The van der Waals surface area contributed by atoms with Crippen LogP contribution in [0.5, 0.6) is 0 Å². The number of furan rings is 1. The maximum absolute atomic E-state index is 10.2. The Hall–Kier alpha value is -3.90. The highest BCUT2D eigenvalue weighted by Gasteiger charge is 2.26. The van der Waals surface area contributed by atoms with Gasteiger partial charge in [-0.05, 0) is 78.1 Å². The molecule has 0 N–H and O–H groups in total. The lowest BCUT2D eigenvalue weighted by Crippen LogP contribution is -2.30. The number of benzene rings is 3. The van der Waals surface area contributed by atoms with Gasteiger partial charge in [0.05, 0.1) is 17.2 Å². The lowest BCUT2D eigenvalue weighted by atomic mass is 9.88. The highest BCUT2D eigenvalue weighted by Crippen LogP contribution is 2.44. The van der Waals surface area contributed by atoms with Crippen molar-refractivity contribution in [2.45, 2.75) is 46.0 Å². The van der Waals surface area contributed by atoms with Gasteiger partial charge in [-0.3, -0.25) is 0 Å². The zero-order valence-electron chi connectivity index (χ0n) is 20.8. The van der Waals surface area contributed by atoms with Crippen molar-refractivity contribution in [2.75, 3.05) is 0 Å². The molecular weight excluding hydrogens is 428 g/mol. The molecule has 3 heteroatoms. The Labute approximate surface area is 206 Å². The number of pyridine rings is 1. The van der Waals surface area contributed by atoms with Gasteiger partial charge in [0, 0.05) is 28.5 Å². The van der Waals surface area contributed by atoms with Gasteiger partial charge in [-0.15, -0.1) is 0 Å². The number of fused-ring (bicyclic) bond motifs is 4. The van der Waals surface area contributed by atoms with Crippen LogP contribution >= 0.6 is 0 Å². The monoisotopic (exact) mass is 457 g/mol. The smallest absolute Gasteiger partial charge is 0.216 e. The fourth-order valence-corrected chi connectivity index (χ4v) is 5.75. The molecule has 6 rings (SSSR count). The first kappa shape index (κ1) is 21.6. The fraction of sp³-hybridized carbons (Fsp3) is 0.250. The number of hydrogen-bond donors (Lipinski definition) is 0. The highest BCUT2D eigenvalue weighted by atomic mass is 16.3. The summed E-state index contributed by atoms with van der Waals surface area (Å²) in [6.45, 7) is 6.61. The van der Waals surface area contributed by atoms with Gasteiger partial charge < -0.3 is 4.42 Å². The number of aryl methyl sites for hydroxylation is 3. The Bertz CT molecular complexity index is 1680. The fourth-order valence-electron chi connectivity index (χ4n) is 5.75. The topological polar surface area (TPSA) is 40.8 Å². The molecule has 3 aromatic carbocycles. The maximum Gasteiger partial charge on any atom is 0.216 e. The number of nitrogens with zero attached hydrogens (tertiary/aromatic N) is 2. The van der Waals surface area contributed by atoms with E-state index in [1.54, 1.807) is 0 Å². The van der Waals surface area contributed by atoms with Gasteiger partial charge >= 0.3 is 0 Å². The third-order valence-corrected chi connectivity index (χ3v) is 7.62. The molecule has 0 aliphatic heterocycles. The number of hydrogen-bond acceptors (Lipinski definition) is 2. The van der Waals surface area contributed by atoms with Gasteiger partial charge in [-0.1, -0.05) is 38.1 Å². The van der Waals surface area contributed by atoms with Crippen LogP contribution in [0.1, 0.15) is 54.0 Å². The van der Waals surface area contributed by atoms with Crippen LogP contribution in [0.25, 0.3) is 44.3 Å². The summed E-state index contributed by atoms with van der Waals surface area (Å²) in [5.74, 6) is 0.424. The second kappa shape index (κ2) is 8.10. The van der Waals surface area contributed by atoms with Gasteiger partial charge in [-0.25, -0.2) is 4.57 Å². The minimum atomic E-state index is 0.424. The van der Waals surface area contributed by atoms with Crippen molar-refractivity contribution >= 4 is 21.9 Å². The number of nitriles is 1. The molecule has 0 amide bonds. The van der Waals surface area contributed by atoms with Crippen molar-refractivity contribution in [2.24, 2.45) is 7.05 Å². The van der Waals surface area contributed by atoms with E-state index in [4.69, 9.17) is 4.42 Å². The van der Waals surface area contributed by atoms with Crippen molar-refractivity contribution in [3.63, 3.8) is 0 Å². The van der Waals surface area contributed by atoms with Crippen LogP contribution in [0, 0.1) is 18.3 Å². The lowest BCUT2D eigenvalue weighted by molar-refractivity contribution is -0.660. The van der Waals surface area contributed by atoms with Crippen LogP contribution in [0.15, 0.2) is 65.2 Å². The molecule has 5 aromatic rings. The summed E-state index contributed by atoms with van der Waals surface area (Å²) in [6, 6.07) is 21.8. The number of rotatable bonds is 3. The minimum absolute atomic E-state index is 0.424. The second-order valence-electron chi connectivity index (χ2n) is 10.1. The van der Waals surface area contributed by atoms with Crippen molar-refractivity contribution in [3.8, 4) is 28.5 Å². The van der Waals surface area contributed by atoms with E-state index in [2.05, 4.69) is 87.1 Å². The zero-order chi connectivity index (χ0) is 24.3. The molecule has 0 saturated carbocycles. The average Bonchev–Trinajstić information content (AvgIpc) is 3.48. The molecule has 0 spiro atoms. The maximum atomic E-state index is 10.2. The zero-order valence-corrected chi connectivity index (χ0v) is 20.8. The predicted octanol–water partition coefficient (Wildman–Crippen LogP) is 7.54. The molecule has 2 heterocycles. The van der Waals surface area contributed by atoms with Crippen LogP contribution in [-0.4, -0.2) is 0 Å². The van der Waals surface area contributed by atoms with E-state index in [0.29, 0.717) is 11.5 Å². The molecule has 3 nitrogen and oxygen atoms in total. The van der Waals surface area contributed by atoms with Crippen LogP contribution < -0.4 is 4.57 Å². The Morgan fingerprint density at radius 3 is 2.46 bits per heavy atom. The quantitative estimate of drug-likeness (QED) is 0.263. The minimum Gasteiger partial charge on any atom is -0.454 e. The van der Waals surface area contributed by atoms with Crippen molar-refractivity contribution in [1.29, 1.82) is 5.26 Å². The normalized spacial score (nSPS) is 13.0. The Kier molecular flexibility index (Phi) is 5.00. The molecule has 1 aliphatic rings. The van der Waals surface area contributed by atoms with Crippen molar-refractivity contribution < 1.29 is 8.98 Å². The van der Waals surface area contributed by atoms with Gasteiger partial charge in [-0.2, -0.15) is 5.26 Å². The first-order chi connectivity index (χ1) is 17.0. The molecule has 172 valence electrons. The molecule has 0 unspecified atom stereocenters. The molecule has 35 heavy (non-hydrogen) atoms. The molecule has 0 saturated heterocycles. The Morgan fingerprint density at radius 2 is 1.71 bits per heavy atom. The Morgan fingerprint density at radius 1 is 0.943 bits per heavy atom. The third kappa shape index (κ3) is 3.28. The molecular formula is C32H29N2O+. The summed E-state index contributed by atoms with van der Waals surface area (Å²) < 4.78 is 8.93. The van der Waals surface area contributed by atoms with Gasteiger partial charge in [0.2, 0.25) is 5.69 Å². The SMILES string of the molecule is Cc1ccc2c(oc3c(-c4cc(C(C)C)cc5c4CCC5)c(C#N)ccc32)c1-c1cccc[n+]1C. The molecule has 0 fully saturated rings. The van der Waals surface area contributed by atoms with E-state index < -0.39 is 0 Å². The van der Waals surface area contributed by atoms with E-state index in [9.17, 15) is 5.26 Å². The van der Waals surface area contributed by atoms with Crippen molar-refractivity contribution in [3.05, 3.63) is 88.6 Å². The van der Waals surface area contributed by atoms with Crippen LogP contribution in [0.2, 0.25) is 0 Å². The third-order valence-electron chi connectivity index (χ3n) is 7.62. The summed E-state index contributed by atoms with van der Waals surface area (Å²) in [4.78, 5) is 0. The highest BCUT2D eigenvalue weighted by molar-refractivity contribution is 6.14. The molecule has 1 aliphatic carbocycles. The first-order valence-electron chi connectivity index (χ1n) is 12.5. The van der Waals surface area contributed by atoms with E-state index in [0.717, 1.165) is 58.0 Å².